The van der Waals surface area contributed by atoms with E-state index in [9.17, 15) is 8.42 Å². The van der Waals surface area contributed by atoms with Crippen molar-refractivity contribution in [3.05, 3.63) is 0 Å². The van der Waals surface area contributed by atoms with Gasteiger partial charge in [0.15, 0.2) is 9.84 Å². The zero-order valence-electron chi connectivity index (χ0n) is 7.83. The predicted octanol–water partition coefficient (Wildman–Crippen LogP) is 0.693. The van der Waals surface area contributed by atoms with Crippen LogP contribution in [0.5, 0.6) is 0 Å². The zero-order chi connectivity index (χ0) is 9.53. The molecule has 4 heteroatoms. The Morgan fingerprint density at radius 3 is 2.31 bits per heavy atom. The summed E-state index contributed by atoms with van der Waals surface area (Å²) in [6.07, 6.45) is 5.18. The normalized spacial score (nSPS) is 36.5. The van der Waals surface area contributed by atoms with Gasteiger partial charge in [-0.2, -0.15) is 0 Å². The van der Waals surface area contributed by atoms with E-state index in [1.807, 2.05) is 0 Å². The highest BCUT2D eigenvalue weighted by atomic mass is 32.2. The van der Waals surface area contributed by atoms with Crippen molar-refractivity contribution >= 4 is 9.84 Å². The topological polar surface area (TPSA) is 60.2 Å². The van der Waals surface area contributed by atoms with Crippen LogP contribution in [0.2, 0.25) is 0 Å². The van der Waals surface area contributed by atoms with Gasteiger partial charge in [-0.25, -0.2) is 8.42 Å². The smallest absolute Gasteiger partial charge is 0.150 e. The lowest BCUT2D eigenvalue weighted by Crippen LogP contribution is -2.45. The molecule has 2 N–H and O–H groups in total. The average Bonchev–Trinajstić information content (AvgIpc) is 2.58. The molecule has 0 aromatic rings. The molecule has 2 fully saturated rings. The molecule has 76 valence electrons. The summed E-state index contributed by atoms with van der Waals surface area (Å²) in [5, 5.41) is 0. The Kier molecular flexibility index (Phi) is 2.15. The molecule has 1 heterocycles. The van der Waals surface area contributed by atoms with Crippen LogP contribution < -0.4 is 5.73 Å². The lowest BCUT2D eigenvalue weighted by Gasteiger charge is -2.29. The molecular formula is C9H17NO2S. The molecule has 0 bridgehead atoms. The van der Waals surface area contributed by atoms with Crippen LogP contribution in [0.25, 0.3) is 0 Å². The molecule has 0 radical (unpaired) electrons. The third kappa shape index (κ3) is 1.74. The van der Waals surface area contributed by atoms with E-state index in [2.05, 4.69) is 0 Å². The van der Waals surface area contributed by atoms with Crippen LogP contribution in [0.15, 0.2) is 0 Å². The quantitative estimate of drug-likeness (QED) is 0.682. The van der Waals surface area contributed by atoms with Gasteiger partial charge in [0.2, 0.25) is 0 Å². The summed E-state index contributed by atoms with van der Waals surface area (Å²) in [7, 11) is -2.75. The van der Waals surface area contributed by atoms with E-state index in [0.717, 1.165) is 19.3 Å². The maximum atomic E-state index is 11.3. The number of hydrogen-bond donors (Lipinski definition) is 1. The van der Waals surface area contributed by atoms with Crippen molar-refractivity contribution in [3.63, 3.8) is 0 Å². The Morgan fingerprint density at radius 2 is 1.85 bits per heavy atom. The molecule has 1 unspecified atom stereocenters. The second-order valence-corrected chi connectivity index (χ2v) is 6.77. The van der Waals surface area contributed by atoms with Gasteiger partial charge in [-0.15, -0.1) is 0 Å². The monoisotopic (exact) mass is 203 g/mol. The molecule has 1 aliphatic heterocycles. The third-order valence-electron chi connectivity index (χ3n) is 3.58. The molecule has 0 aromatic heterocycles. The van der Waals surface area contributed by atoms with Gasteiger partial charge < -0.3 is 5.73 Å². The first-order valence-corrected chi connectivity index (χ1v) is 6.83. The maximum absolute atomic E-state index is 11.3. The minimum absolute atomic E-state index is 0.149. The molecule has 3 nitrogen and oxygen atoms in total. The lowest BCUT2D eigenvalue weighted by molar-refractivity contribution is 0.302. The second-order valence-electron chi connectivity index (χ2n) is 4.54. The minimum atomic E-state index is -2.75. The fourth-order valence-corrected chi connectivity index (χ4v) is 4.61. The molecule has 1 aliphatic carbocycles. The first kappa shape index (κ1) is 9.46. The molecule has 2 rings (SSSR count). The first-order chi connectivity index (χ1) is 6.02. The van der Waals surface area contributed by atoms with Crippen molar-refractivity contribution in [3.8, 4) is 0 Å². The summed E-state index contributed by atoms with van der Waals surface area (Å²) >= 11 is 0. The molecule has 0 amide bonds. The van der Waals surface area contributed by atoms with Crippen LogP contribution in [0, 0.1) is 5.92 Å². The van der Waals surface area contributed by atoms with Crippen LogP contribution in [0.3, 0.4) is 0 Å². The molecule has 2 aliphatic rings. The van der Waals surface area contributed by atoms with Gasteiger partial charge >= 0.3 is 0 Å². The van der Waals surface area contributed by atoms with Crippen LogP contribution in [-0.2, 0) is 9.84 Å². The SMILES string of the molecule is NC1(C2CCS(=O)(=O)C2)CCCC1. The van der Waals surface area contributed by atoms with E-state index in [4.69, 9.17) is 5.73 Å². The summed E-state index contributed by atoms with van der Waals surface area (Å²) in [4.78, 5) is 0. The van der Waals surface area contributed by atoms with Crippen molar-refractivity contribution in [1.82, 2.24) is 0 Å². The molecular weight excluding hydrogens is 186 g/mol. The third-order valence-corrected chi connectivity index (χ3v) is 5.35. The highest BCUT2D eigenvalue weighted by Crippen LogP contribution is 2.38. The zero-order valence-corrected chi connectivity index (χ0v) is 8.65. The maximum Gasteiger partial charge on any atom is 0.150 e. The Balaban J connectivity index is 2.11. The van der Waals surface area contributed by atoms with E-state index < -0.39 is 9.84 Å². The first-order valence-electron chi connectivity index (χ1n) is 5.01. The Labute approximate surface area is 79.6 Å². The number of rotatable bonds is 1. The van der Waals surface area contributed by atoms with E-state index in [0.29, 0.717) is 11.5 Å². The highest BCUT2D eigenvalue weighted by molar-refractivity contribution is 7.91. The van der Waals surface area contributed by atoms with Gasteiger partial charge in [-0.3, -0.25) is 0 Å². The van der Waals surface area contributed by atoms with Crippen molar-refractivity contribution in [2.45, 2.75) is 37.6 Å². The number of nitrogens with two attached hydrogens (primary N) is 1. The van der Waals surface area contributed by atoms with Crippen molar-refractivity contribution in [2.24, 2.45) is 11.7 Å². The van der Waals surface area contributed by atoms with E-state index in [1.54, 1.807) is 0 Å². The molecule has 1 atom stereocenters. The van der Waals surface area contributed by atoms with Crippen molar-refractivity contribution in [1.29, 1.82) is 0 Å². The lowest BCUT2D eigenvalue weighted by atomic mass is 9.83. The Bertz CT molecular complexity index is 291. The fourth-order valence-electron chi connectivity index (χ4n) is 2.69. The number of hydrogen-bond acceptors (Lipinski definition) is 3. The summed E-state index contributed by atoms with van der Waals surface area (Å²) in [6, 6.07) is 0. The Morgan fingerprint density at radius 1 is 1.23 bits per heavy atom. The molecule has 0 spiro atoms. The van der Waals surface area contributed by atoms with E-state index in [1.165, 1.54) is 12.8 Å². The van der Waals surface area contributed by atoms with Crippen molar-refractivity contribution in [2.75, 3.05) is 11.5 Å². The molecule has 1 saturated heterocycles. The molecule has 1 saturated carbocycles. The summed E-state index contributed by atoms with van der Waals surface area (Å²) < 4.78 is 22.6. The predicted molar refractivity (Wildman–Crippen MR) is 52.1 cm³/mol. The molecule has 13 heavy (non-hydrogen) atoms. The van der Waals surface area contributed by atoms with Crippen LogP contribution in [0.4, 0.5) is 0 Å². The summed E-state index contributed by atoms with van der Waals surface area (Å²) in [5.74, 6) is 0.931. The fraction of sp³-hybridized carbons (Fsp3) is 1.00. The number of sulfone groups is 1. The molecule has 0 aromatic carbocycles. The van der Waals surface area contributed by atoms with Gasteiger partial charge in [0, 0.05) is 5.54 Å². The Hall–Kier alpha value is -0.0900. The van der Waals surface area contributed by atoms with Gasteiger partial charge in [-0.05, 0) is 25.2 Å². The van der Waals surface area contributed by atoms with Crippen LogP contribution >= 0.6 is 0 Å². The van der Waals surface area contributed by atoms with Gasteiger partial charge in [0.05, 0.1) is 11.5 Å². The standard InChI is InChI=1S/C9H17NO2S/c10-9(4-1-2-5-9)8-3-6-13(11,12)7-8/h8H,1-7,10H2. The summed E-state index contributed by atoms with van der Waals surface area (Å²) in [5.41, 5.74) is 6.07. The minimum Gasteiger partial charge on any atom is -0.325 e. The van der Waals surface area contributed by atoms with E-state index >= 15 is 0 Å². The average molecular weight is 203 g/mol. The second kappa shape index (κ2) is 2.95. The van der Waals surface area contributed by atoms with Crippen molar-refractivity contribution < 1.29 is 8.42 Å². The van der Waals surface area contributed by atoms with Gasteiger partial charge in [0.25, 0.3) is 0 Å². The highest BCUT2D eigenvalue weighted by Gasteiger charge is 2.43. The van der Waals surface area contributed by atoms with Gasteiger partial charge in [-0.1, -0.05) is 12.8 Å². The van der Waals surface area contributed by atoms with E-state index in [-0.39, 0.29) is 11.5 Å². The largest absolute Gasteiger partial charge is 0.325 e. The van der Waals surface area contributed by atoms with Gasteiger partial charge in [0.1, 0.15) is 0 Å². The van der Waals surface area contributed by atoms with Crippen LogP contribution in [0.1, 0.15) is 32.1 Å². The summed E-state index contributed by atoms with van der Waals surface area (Å²) in [6.45, 7) is 0. The van der Waals surface area contributed by atoms with Crippen LogP contribution in [-0.4, -0.2) is 25.5 Å².